The van der Waals surface area contributed by atoms with Crippen molar-refractivity contribution in [1.82, 2.24) is 10.2 Å². The highest BCUT2D eigenvalue weighted by Crippen LogP contribution is 2.76. The quantitative estimate of drug-likeness (QED) is 0.152. The number of ether oxygens (including phenoxy) is 1. The van der Waals surface area contributed by atoms with Crippen LogP contribution in [-0.2, 0) is 24.2 Å². The van der Waals surface area contributed by atoms with Gasteiger partial charge in [0.2, 0.25) is 0 Å². The maximum atomic E-state index is 13.6. The number of hydrogen-bond acceptors (Lipinski definition) is 8. The van der Waals surface area contributed by atoms with Crippen LogP contribution < -0.4 is 5.32 Å². The Morgan fingerprint density at radius 3 is 2.14 bits per heavy atom. The summed E-state index contributed by atoms with van der Waals surface area (Å²) in [5, 5.41) is 24.7. The molecular formula is C46H76N2O7S. The Hall–Kier alpha value is -1.49. The molecule has 0 aromatic heterocycles. The van der Waals surface area contributed by atoms with Crippen LogP contribution in [0, 0.1) is 68.5 Å². The van der Waals surface area contributed by atoms with E-state index in [9.17, 15) is 28.2 Å². The van der Waals surface area contributed by atoms with Crippen LogP contribution in [-0.4, -0.2) is 90.4 Å². The second kappa shape index (κ2) is 14.3. The fraction of sp³-hybridized carbons (Fsp3) is 0.913. The van der Waals surface area contributed by atoms with Crippen LogP contribution in [0.25, 0.3) is 0 Å². The van der Waals surface area contributed by atoms with E-state index in [1.54, 1.807) is 0 Å². The van der Waals surface area contributed by atoms with Gasteiger partial charge in [-0.3, -0.25) is 14.5 Å². The molecule has 1 aliphatic heterocycles. The molecule has 7 rings (SSSR count). The minimum Gasteiger partial charge on any atom is -0.481 e. The molecule has 0 aromatic carbocycles. The predicted octanol–water partition coefficient (Wildman–Crippen LogP) is 7.51. The molecule has 0 radical (unpaired) electrons. The second-order valence-corrected chi connectivity index (χ2v) is 24.6. The van der Waals surface area contributed by atoms with Gasteiger partial charge in [-0.15, -0.1) is 0 Å². The lowest BCUT2D eigenvalue weighted by atomic mass is 9.32. The number of aliphatic hydroxyl groups is 1. The molecule has 1 saturated heterocycles. The number of esters is 1. The number of hydrogen-bond donors (Lipinski definition) is 3. The fourth-order valence-corrected chi connectivity index (χ4v) is 17.1. The monoisotopic (exact) mass is 801 g/mol. The Morgan fingerprint density at radius 1 is 0.857 bits per heavy atom. The molecule has 10 heteroatoms. The largest absolute Gasteiger partial charge is 0.481 e. The minimum atomic E-state index is -2.98. The normalized spacial score (nSPS) is 46.1. The number of aliphatic carboxylic acids is 1. The van der Waals surface area contributed by atoms with E-state index in [1.807, 2.05) is 20.8 Å². The summed E-state index contributed by atoms with van der Waals surface area (Å²) in [4.78, 5) is 27.6. The van der Waals surface area contributed by atoms with Crippen molar-refractivity contribution in [2.45, 2.75) is 163 Å². The lowest BCUT2D eigenvalue weighted by Crippen LogP contribution is -2.69. The number of nitrogens with zero attached hydrogens (tertiary/aromatic N) is 1. The number of carbonyl (C=O) groups is 2. The maximum absolute atomic E-state index is 13.6. The van der Waals surface area contributed by atoms with Gasteiger partial charge in [-0.1, -0.05) is 60.6 Å². The molecule has 9 nitrogen and oxygen atoms in total. The third-order valence-electron chi connectivity index (χ3n) is 19.4. The average molecular weight is 801 g/mol. The van der Waals surface area contributed by atoms with E-state index in [2.05, 4.69) is 58.3 Å². The van der Waals surface area contributed by atoms with Crippen molar-refractivity contribution in [1.29, 1.82) is 0 Å². The molecule has 56 heavy (non-hydrogen) atoms. The first-order valence-corrected chi connectivity index (χ1v) is 24.2. The van der Waals surface area contributed by atoms with Crippen LogP contribution in [0.2, 0.25) is 0 Å². The zero-order valence-corrected chi connectivity index (χ0v) is 37.1. The number of fused-ring (bicyclic) bond motifs is 7. The number of rotatable bonds is 10. The zero-order chi connectivity index (χ0) is 41.0. The van der Waals surface area contributed by atoms with Crippen molar-refractivity contribution >= 4 is 21.8 Å². The summed E-state index contributed by atoms with van der Waals surface area (Å²) in [5.74, 6) is 1.13. The van der Waals surface area contributed by atoms with Crippen LogP contribution in [0.3, 0.4) is 0 Å². The van der Waals surface area contributed by atoms with E-state index in [-0.39, 0.29) is 62.7 Å². The number of aliphatic hydroxyl groups excluding tert-OH is 1. The van der Waals surface area contributed by atoms with Crippen molar-refractivity contribution in [3.05, 3.63) is 12.2 Å². The van der Waals surface area contributed by atoms with E-state index >= 15 is 0 Å². The summed E-state index contributed by atoms with van der Waals surface area (Å²) in [6, 6.07) is -0.0532. The molecular weight excluding hydrogens is 725 g/mol. The van der Waals surface area contributed by atoms with Crippen molar-refractivity contribution in [2.24, 2.45) is 68.5 Å². The minimum absolute atomic E-state index is 0.0516. The summed E-state index contributed by atoms with van der Waals surface area (Å²) >= 11 is 0. The van der Waals surface area contributed by atoms with E-state index < -0.39 is 33.2 Å². The average Bonchev–Trinajstić information content (AvgIpc) is 3.48. The molecule has 6 aliphatic carbocycles. The third-order valence-corrected chi connectivity index (χ3v) is 21.0. The highest BCUT2D eigenvalue weighted by Gasteiger charge is 2.71. The summed E-state index contributed by atoms with van der Waals surface area (Å²) in [7, 11) is -2.98. The Morgan fingerprint density at radius 2 is 1.54 bits per heavy atom. The van der Waals surface area contributed by atoms with Crippen molar-refractivity contribution in [2.75, 3.05) is 31.1 Å². The van der Waals surface area contributed by atoms with Gasteiger partial charge in [0.05, 0.1) is 29.4 Å². The van der Waals surface area contributed by atoms with Gasteiger partial charge in [-0.05, 0) is 149 Å². The van der Waals surface area contributed by atoms with Crippen molar-refractivity contribution in [3.8, 4) is 0 Å². The summed E-state index contributed by atoms with van der Waals surface area (Å²) in [6.07, 6.45) is 11.9. The number of carboxylic acid groups (broad SMARTS) is 1. The predicted molar refractivity (Wildman–Crippen MR) is 220 cm³/mol. The molecule has 6 saturated carbocycles. The van der Waals surface area contributed by atoms with Gasteiger partial charge in [-0.2, -0.15) is 0 Å². The highest BCUT2D eigenvalue weighted by atomic mass is 32.2. The topological polar surface area (TPSA) is 133 Å². The first kappa shape index (κ1) is 42.6. The SMILES string of the molecule is C=C(C)[C@@H]1CC[C@]2(NCC[C@H]([C@@H](C)O)N3CCS(=O)(=O)CC3)CC[C@]3(C)[C@H](CC[C@@H]4[C@@]5(C)CC[C@H](OC(=O)[C@@H]6C[C@H](C(=O)O)C6(C)C)C(C)(C)[C@@H]5CC[C@]43C)[C@@H]12. The molecule has 7 aliphatic rings. The first-order valence-electron chi connectivity index (χ1n) is 22.4. The zero-order valence-electron chi connectivity index (χ0n) is 36.3. The Labute approximate surface area is 338 Å². The highest BCUT2D eigenvalue weighted by molar-refractivity contribution is 7.91. The summed E-state index contributed by atoms with van der Waals surface area (Å²) in [5.41, 5.74) is 1.16. The molecule has 1 heterocycles. The molecule has 318 valence electrons. The Balaban J connectivity index is 1.08. The number of allylic oxidation sites excluding steroid dienone is 1. The first-order chi connectivity index (χ1) is 26.0. The van der Waals surface area contributed by atoms with Gasteiger partial charge in [0.15, 0.2) is 9.84 Å². The second-order valence-electron chi connectivity index (χ2n) is 22.3. The van der Waals surface area contributed by atoms with Gasteiger partial charge in [-0.25, -0.2) is 8.42 Å². The number of carboxylic acids is 1. The molecule has 3 N–H and O–H groups in total. The van der Waals surface area contributed by atoms with Gasteiger partial charge in [0.25, 0.3) is 0 Å². The molecule has 0 unspecified atom stereocenters. The van der Waals surface area contributed by atoms with Crippen molar-refractivity contribution in [3.63, 3.8) is 0 Å². The fourth-order valence-electron chi connectivity index (χ4n) is 15.9. The lowest BCUT2D eigenvalue weighted by molar-refractivity contribution is -0.248. The number of sulfone groups is 1. The standard InChI is InChI=1S/C46H76N2O7S/c1-28(2)30-13-19-46(47-22-16-34(29(3)49)48-23-25-56(53,54)26-24-48)21-20-44(9)31(38(30)46)11-12-36-43(8)17-15-37(42(6,7)35(43)14-18-45(36,44)10)55-40(52)33-27-32(39(50)51)41(33,4)5/h29-38,47,49H,1,11-27H2,2-10H3,(H,50,51)/t29-,30+,31-,32-,33+,34-,35+,36-,37+,38-,43+,44-,45-,46+/m1/s1. The molecule has 0 amide bonds. The van der Waals surface area contributed by atoms with Crippen molar-refractivity contribution < 1.29 is 33.0 Å². The van der Waals surface area contributed by atoms with Crippen LogP contribution in [0.5, 0.6) is 0 Å². The molecule has 0 bridgehead atoms. The number of carbonyl (C=O) groups excluding carboxylic acids is 1. The van der Waals surface area contributed by atoms with Gasteiger partial charge >= 0.3 is 11.9 Å². The van der Waals surface area contributed by atoms with E-state index in [4.69, 9.17) is 4.74 Å². The Kier molecular flexibility index (Phi) is 10.9. The van der Waals surface area contributed by atoms with Crippen LogP contribution >= 0.6 is 0 Å². The molecule has 0 aromatic rings. The van der Waals surface area contributed by atoms with Gasteiger partial charge in [0, 0.05) is 30.1 Å². The number of nitrogens with one attached hydrogen (secondary N) is 1. The third kappa shape index (κ3) is 6.49. The van der Waals surface area contributed by atoms with E-state index in [0.29, 0.717) is 49.1 Å². The van der Waals surface area contributed by atoms with Crippen LogP contribution in [0.1, 0.15) is 139 Å². The van der Waals surface area contributed by atoms with E-state index in [0.717, 1.165) is 45.1 Å². The lowest BCUT2D eigenvalue weighted by Gasteiger charge is -2.73. The Bertz CT molecular complexity index is 1660. The molecule has 14 atom stereocenters. The van der Waals surface area contributed by atoms with Gasteiger partial charge in [0.1, 0.15) is 6.10 Å². The van der Waals surface area contributed by atoms with E-state index in [1.165, 1.54) is 37.7 Å². The summed E-state index contributed by atoms with van der Waals surface area (Å²) in [6.45, 7) is 26.9. The maximum Gasteiger partial charge on any atom is 0.309 e. The molecule has 0 spiro atoms. The smallest absolute Gasteiger partial charge is 0.309 e. The van der Waals surface area contributed by atoms with Crippen LogP contribution in [0.4, 0.5) is 0 Å². The molecule has 7 fully saturated rings. The summed E-state index contributed by atoms with van der Waals surface area (Å²) < 4.78 is 30.8. The van der Waals surface area contributed by atoms with Gasteiger partial charge < -0.3 is 20.3 Å². The van der Waals surface area contributed by atoms with Crippen LogP contribution in [0.15, 0.2) is 12.2 Å².